The highest BCUT2D eigenvalue weighted by atomic mass is 16.2. The number of hydrogen-bond donors (Lipinski definition) is 4. The van der Waals surface area contributed by atoms with Crippen molar-refractivity contribution in [3.05, 3.63) is 35.9 Å². The molecule has 0 bridgehead atoms. The zero-order valence-electron chi connectivity index (χ0n) is 18.8. The molecule has 30 heavy (non-hydrogen) atoms. The van der Waals surface area contributed by atoms with E-state index in [4.69, 9.17) is 0 Å². The summed E-state index contributed by atoms with van der Waals surface area (Å²) in [5.41, 5.74) is 0.818. The van der Waals surface area contributed by atoms with Crippen molar-refractivity contribution in [2.75, 3.05) is 39.3 Å². The first-order valence-corrected chi connectivity index (χ1v) is 10.9. The molecule has 2 amide bonds. The van der Waals surface area contributed by atoms with Gasteiger partial charge >= 0.3 is 0 Å². The zero-order chi connectivity index (χ0) is 22.1. The summed E-state index contributed by atoms with van der Waals surface area (Å²) in [5, 5.41) is 5.94. The third kappa shape index (κ3) is 9.05. The molecule has 1 aromatic rings. The lowest BCUT2D eigenvalue weighted by Crippen LogP contribution is -3.18. The summed E-state index contributed by atoms with van der Waals surface area (Å²) in [6, 6.07) is 9.25. The van der Waals surface area contributed by atoms with Gasteiger partial charge in [-0.1, -0.05) is 30.3 Å². The fourth-order valence-corrected chi connectivity index (χ4v) is 3.85. The molecule has 3 atom stereocenters. The maximum absolute atomic E-state index is 12.6. The van der Waals surface area contributed by atoms with Crippen LogP contribution >= 0.6 is 0 Å². The van der Waals surface area contributed by atoms with E-state index in [2.05, 4.69) is 10.6 Å². The van der Waals surface area contributed by atoms with Crippen LogP contribution in [0.5, 0.6) is 0 Å². The summed E-state index contributed by atoms with van der Waals surface area (Å²) in [7, 11) is 0. The fourth-order valence-electron chi connectivity index (χ4n) is 3.85. The predicted molar refractivity (Wildman–Crippen MR) is 116 cm³/mol. The van der Waals surface area contributed by atoms with Crippen molar-refractivity contribution < 1.29 is 24.2 Å². The molecule has 7 nitrogen and oxygen atoms in total. The van der Waals surface area contributed by atoms with Gasteiger partial charge in [0.15, 0.2) is 18.9 Å². The minimum absolute atomic E-state index is 0.0291. The van der Waals surface area contributed by atoms with Crippen LogP contribution in [0.15, 0.2) is 30.3 Å². The fraction of sp³-hybridized carbons (Fsp3) is 0.609. The summed E-state index contributed by atoms with van der Waals surface area (Å²) in [5.74, 6) is -0.0440. The molecule has 0 saturated carbocycles. The second-order valence-electron chi connectivity index (χ2n) is 9.43. The molecule has 166 valence electrons. The summed E-state index contributed by atoms with van der Waals surface area (Å²) in [6.07, 6.45) is 1.49. The van der Waals surface area contributed by atoms with Gasteiger partial charge < -0.3 is 20.4 Å². The van der Waals surface area contributed by atoms with Crippen LogP contribution in [-0.4, -0.2) is 68.4 Å². The Morgan fingerprint density at radius 3 is 2.03 bits per heavy atom. The number of carbonyl (C=O) groups excluding carboxylic acids is 3. The van der Waals surface area contributed by atoms with E-state index < -0.39 is 6.04 Å². The van der Waals surface area contributed by atoms with Crippen LogP contribution in [0, 0.1) is 0 Å². The second-order valence-corrected chi connectivity index (χ2v) is 9.43. The van der Waals surface area contributed by atoms with Crippen LogP contribution in [0.25, 0.3) is 0 Å². The topological polar surface area (TPSA) is 84.2 Å². The number of ketones is 1. The lowest BCUT2D eigenvalue weighted by atomic mass is 10.0. The number of benzene rings is 1. The van der Waals surface area contributed by atoms with Crippen molar-refractivity contribution in [1.29, 1.82) is 0 Å². The van der Waals surface area contributed by atoms with Gasteiger partial charge in [-0.05, 0) is 39.7 Å². The van der Waals surface area contributed by atoms with Crippen LogP contribution in [0.2, 0.25) is 0 Å². The van der Waals surface area contributed by atoms with Gasteiger partial charge in [0, 0.05) is 12.0 Å². The largest absolute Gasteiger partial charge is 0.347 e. The summed E-state index contributed by atoms with van der Waals surface area (Å²) < 4.78 is 0. The van der Waals surface area contributed by atoms with Crippen molar-refractivity contribution in [3.8, 4) is 0 Å². The third-order valence-electron chi connectivity index (χ3n) is 5.34. The van der Waals surface area contributed by atoms with E-state index in [9.17, 15) is 14.4 Å². The van der Waals surface area contributed by atoms with E-state index in [1.807, 2.05) is 51.1 Å². The first-order chi connectivity index (χ1) is 14.1. The Bertz CT molecular complexity index is 715. The highest BCUT2D eigenvalue weighted by Gasteiger charge is 2.26. The van der Waals surface area contributed by atoms with Gasteiger partial charge in [-0.2, -0.15) is 0 Å². The Balaban J connectivity index is 1.80. The lowest BCUT2D eigenvalue weighted by Gasteiger charge is -2.23. The summed E-state index contributed by atoms with van der Waals surface area (Å²) >= 11 is 0. The third-order valence-corrected chi connectivity index (χ3v) is 5.34. The Labute approximate surface area is 180 Å². The second kappa shape index (κ2) is 11.2. The number of Topliss-reactive ketones (excluding diaryl/α,β-unsaturated/α-hetero) is 1. The zero-order valence-corrected chi connectivity index (χ0v) is 18.8. The molecule has 0 aromatic heterocycles. The predicted octanol–water partition coefficient (Wildman–Crippen LogP) is -1.61. The molecule has 2 rings (SSSR count). The van der Waals surface area contributed by atoms with Crippen LogP contribution in [0.3, 0.4) is 0 Å². The van der Waals surface area contributed by atoms with E-state index in [1.54, 1.807) is 0 Å². The molecular formula is C23H38N4O3+2. The number of nitrogens with one attached hydrogen (secondary N) is 4. The maximum Gasteiger partial charge on any atom is 0.275 e. The molecule has 0 radical (unpaired) electrons. The summed E-state index contributed by atoms with van der Waals surface area (Å²) in [4.78, 5) is 39.3. The summed E-state index contributed by atoms with van der Waals surface area (Å²) in [6.45, 7) is 11.9. The molecular weight excluding hydrogens is 380 g/mol. The quantitative estimate of drug-likeness (QED) is 0.410. The van der Waals surface area contributed by atoms with E-state index in [0.29, 0.717) is 19.5 Å². The number of rotatable bonds is 8. The van der Waals surface area contributed by atoms with E-state index in [1.165, 1.54) is 16.7 Å². The lowest BCUT2D eigenvalue weighted by molar-refractivity contribution is -0.930. The first kappa shape index (κ1) is 24.0. The number of quaternary nitrogens is 2. The molecule has 0 spiro atoms. The Morgan fingerprint density at radius 2 is 1.50 bits per heavy atom. The first-order valence-electron chi connectivity index (χ1n) is 10.9. The van der Waals surface area contributed by atoms with Gasteiger partial charge in [-0.25, -0.2) is 0 Å². The van der Waals surface area contributed by atoms with Crippen molar-refractivity contribution >= 4 is 17.6 Å². The Kier molecular flexibility index (Phi) is 8.99. The van der Waals surface area contributed by atoms with Gasteiger partial charge in [0.1, 0.15) is 13.1 Å². The Morgan fingerprint density at radius 1 is 0.933 bits per heavy atom. The van der Waals surface area contributed by atoms with E-state index in [0.717, 1.165) is 38.2 Å². The van der Waals surface area contributed by atoms with Gasteiger partial charge in [0.05, 0.1) is 19.1 Å². The van der Waals surface area contributed by atoms with Crippen molar-refractivity contribution in [2.24, 2.45) is 0 Å². The van der Waals surface area contributed by atoms with Gasteiger partial charge in [0.25, 0.3) is 11.8 Å². The van der Waals surface area contributed by atoms with Crippen molar-refractivity contribution in [2.45, 2.75) is 52.1 Å². The molecule has 7 heteroatoms. The number of hydrogen-bond acceptors (Lipinski definition) is 3. The Hall–Kier alpha value is -2.25. The molecule has 2 unspecified atom stereocenters. The van der Waals surface area contributed by atoms with Gasteiger partial charge in [-0.15, -0.1) is 0 Å². The van der Waals surface area contributed by atoms with Crippen LogP contribution in [0.4, 0.5) is 0 Å². The van der Waals surface area contributed by atoms with Crippen LogP contribution in [-0.2, 0) is 20.8 Å². The molecule has 1 saturated heterocycles. The smallest absolute Gasteiger partial charge is 0.275 e. The number of amides is 2. The van der Waals surface area contributed by atoms with E-state index >= 15 is 0 Å². The molecule has 1 fully saturated rings. The molecule has 1 heterocycles. The minimum Gasteiger partial charge on any atom is -0.347 e. The van der Waals surface area contributed by atoms with E-state index in [-0.39, 0.29) is 23.1 Å². The molecule has 1 aliphatic heterocycles. The SMILES string of the molecule is CC(=O)[C@H](Cc1ccccc1)NC(=O)C[NH+]1CCC[NH+](CC(=O)NC(C)(C)C)CC1. The van der Waals surface area contributed by atoms with Gasteiger partial charge in [-0.3, -0.25) is 14.4 Å². The standard InChI is InChI=1S/C23H36N4O3/c1-18(28)20(15-19-9-6-5-7-10-19)24-21(29)16-26-11-8-12-27(14-13-26)17-22(30)25-23(2,3)4/h5-7,9-10,20H,8,11-17H2,1-4H3,(H,24,29)(H,25,30)/p+2/t20-/m0/s1. The van der Waals surface area contributed by atoms with Crippen molar-refractivity contribution in [1.82, 2.24) is 10.6 Å². The highest BCUT2D eigenvalue weighted by molar-refractivity contribution is 5.88. The average Bonchev–Trinajstić information content (AvgIpc) is 2.85. The van der Waals surface area contributed by atoms with Crippen LogP contribution in [0.1, 0.15) is 39.7 Å². The normalized spacial score (nSPS) is 20.7. The molecule has 1 aromatic carbocycles. The van der Waals surface area contributed by atoms with Crippen LogP contribution < -0.4 is 20.4 Å². The highest BCUT2D eigenvalue weighted by Crippen LogP contribution is 2.04. The number of carbonyl (C=O) groups is 3. The average molecular weight is 419 g/mol. The molecule has 0 aliphatic carbocycles. The monoisotopic (exact) mass is 418 g/mol. The van der Waals surface area contributed by atoms with Gasteiger partial charge in [0.2, 0.25) is 0 Å². The minimum atomic E-state index is -0.491. The molecule has 4 N–H and O–H groups in total. The van der Waals surface area contributed by atoms with Crippen molar-refractivity contribution in [3.63, 3.8) is 0 Å². The maximum atomic E-state index is 12.6. The molecule has 1 aliphatic rings.